The van der Waals surface area contributed by atoms with Gasteiger partial charge in [0.2, 0.25) is 15.9 Å². The highest BCUT2D eigenvalue weighted by molar-refractivity contribution is 7.92. The van der Waals surface area contributed by atoms with E-state index in [0.717, 1.165) is 16.1 Å². The van der Waals surface area contributed by atoms with Gasteiger partial charge in [0.15, 0.2) is 0 Å². The standard InChI is InChI=1S/C24H23Cl2N3O4S/c1-16(17-8-4-3-5-9-17)27-24(31)19-10-6-7-11-21(19)28-23(30)15-29(34(2,32)33)22-13-12-18(25)14-20(22)26/h3-14,16H,15H2,1-2H3,(H,27,31)(H,28,30)/t16-/m1/s1. The monoisotopic (exact) mass is 519 g/mol. The van der Waals surface area contributed by atoms with Crippen LogP contribution in [-0.2, 0) is 14.8 Å². The summed E-state index contributed by atoms with van der Waals surface area (Å²) in [5, 5.41) is 5.95. The molecule has 1 atom stereocenters. The Morgan fingerprint density at radius 3 is 2.26 bits per heavy atom. The van der Waals surface area contributed by atoms with E-state index in [4.69, 9.17) is 23.2 Å². The molecule has 178 valence electrons. The van der Waals surface area contributed by atoms with Crippen LogP contribution in [0.4, 0.5) is 11.4 Å². The van der Waals surface area contributed by atoms with Gasteiger partial charge in [-0.15, -0.1) is 0 Å². The molecule has 7 nitrogen and oxygen atoms in total. The number of nitrogens with zero attached hydrogens (tertiary/aromatic N) is 1. The van der Waals surface area contributed by atoms with Crippen molar-refractivity contribution in [3.63, 3.8) is 0 Å². The minimum Gasteiger partial charge on any atom is -0.345 e. The quantitative estimate of drug-likeness (QED) is 0.442. The second-order valence-corrected chi connectivity index (χ2v) is 10.3. The topological polar surface area (TPSA) is 95.6 Å². The van der Waals surface area contributed by atoms with E-state index in [1.54, 1.807) is 24.3 Å². The van der Waals surface area contributed by atoms with Crippen LogP contribution in [0.25, 0.3) is 0 Å². The van der Waals surface area contributed by atoms with Crippen LogP contribution >= 0.6 is 23.2 Å². The molecule has 0 aromatic heterocycles. The summed E-state index contributed by atoms with van der Waals surface area (Å²) in [7, 11) is -3.85. The van der Waals surface area contributed by atoms with Gasteiger partial charge in [0, 0.05) is 5.02 Å². The van der Waals surface area contributed by atoms with Gasteiger partial charge in [-0.05, 0) is 42.8 Å². The molecule has 0 fully saturated rings. The number of sulfonamides is 1. The van der Waals surface area contributed by atoms with Crippen LogP contribution in [-0.4, -0.2) is 33.0 Å². The molecular weight excluding hydrogens is 497 g/mol. The molecule has 3 aromatic carbocycles. The molecule has 2 N–H and O–H groups in total. The Hall–Kier alpha value is -3.07. The zero-order valence-corrected chi connectivity index (χ0v) is 20.8. The fraction of sp³-hybridized carbons (Fsp3) is 0.167. The maximum atomic E-state index is 12.9. The lowest BCUT2D eigenvalue weighted by molar-refractivity contribution is -0.114. The summed E-state index contributed by atoms with van der Waals surface area (Å²) in [6.45, 7) is 1.31. The fourth-order valence-electron chi connectivity index (χ4n) is 3.27. The first kappa shape index (κ1) is 25.6. The zero-order valence-electron chi connectivity index (χ0n) is 18.5. The van der Waals surface area contributed by atoms with Crippen molar-refractivity contribution in [2.24, 2.45) is 0 Å². The molecule has 0 aliphatic carbocycles. The number of carbonyl (C=O) groups is 2. The molecule has 0 saturated carbocycles. The van der Waals surface area contributed by atoms with Crippen molar-refractivity contribution in [3.8, 4) is 0 Å². The van der Waals surface area contributed by atoms with E-state index in [2.05, 4.69) is 10.6 Å². The highest BCUT2D eigenvalue weighted by atomic mass is 35.5. The lowest BCUT2D eigenvalue weighted by Gasteiger charge is -2.23. The average molecular weight is 520 g/mol. The van der Waals surface area contributed by atoms with Crippen LogP contribution in [0, 0.1) is 0 Å². The molecule has 0 heterocycles. The van der Waals surface area contributed by atoms with Crippen LogP contribution in [0.2, 0.25) is 10.0 Å². The first-order valence-corrected chi connectivity index (χ1v) is 12.8. The largest absolute Gasteiger partial charge is 0.345 e. The zero-order chi connectivity index (χ0) is 24.9. The first-order chi connectivity index (χ1) is 16.1. The summed E-state index contributed by atoms with van der Waals surface area (Å²) >= 11 is 12.1. The molecule has 0 aliphatic heterocycles. The molecular formula is C24H23Cl2N3O4S. The van der Waals surface area contributed by atoms with Crippen molar-refractivity contribution in [1.29, 1.82) is 0 Å². The van der Waals surface area contributed by atoms with E-state index in [-0.39, 0.29) is 33.9 Å². The molecule has 3 rings (SSSR count). The predicted octanol–water partition coefficient (Wildman–Crippen LogP) is 4.89. The molecule has 0 aliphatic rings. The average Bonchev–Trinajstić information content (AvgIpc) is 2.78. The normalized spacial score (nSPS) is 12.0. The van der Waals surface area contributed by atoms with Crippen molar-refractivity contribution in [2.45, 2.75) is 13.0 Å². The molecule has 2 amide bonds. The maximum absolute atomic E-state index is 12.9. The third-order valence-corrected chi connectivity index (χ3v) is 6.62. The molecule has 10 heteroatoms. The van der Waals surface area contributed by atoms with Gasteiger partial charge >= 0.3 is 0 Å². The fourth-order valence-corrected chi connectivity index (χ4v) is 4.70. The van der Waals surface area contributed by atoms with E-state index in [9.17, 15) is 18.0 Å². The number of nitrogens with one attached hydrogen (secondary N) is 2. The van der Waals surface area contributed by atoms with Crippen LogP contribution in [0.3, 0.4) is 0 Å². The van der Waals surface area contributed by atoms with Crippen molar-refractivity contribution in [1.82, 2.24) is 5.32 Å². The number of anilines is 2. The van der Waals surface area contributed by atoms with E-state index in [0.29, 0.717) is 5.02 Å². The second kappa shape index (κ2) is 10.9. The Morgan fingerprint density at radius 1 is 0.971 bits per heavy atom. The first-order valence-electron chi connectivity index (χ1n) is 10.2. The van der Waals surface area contributed by atoms with Gasteiger partial charge in [0.05, 0.1) is 34.3 Å². The van der Waals surface area contributed by atoms with Gasteiger partial charge in [0.1, 0.15) is 6.54 Å². The SMILES string of the molecule is C[C@@H](NC(=O)c1ccccc1NC(=O)CN(c1ccc(Cl)cc1Cl)S(C)(=O)=O)c1ccccc1. The Bertz CT molecular complexity index is 1300. The number of carbonyl (C=O) groups excluding carboxylic acids is 2. The van der Waals surface area contributed by atoms with Crippen molar-refractivity contribution in [3.05, 3.63) is 94.0 Å². The van der Waals surface area contributed by atoms with Crippen LogP contribution < -0.4 is 14.9 Å². The number of amides is 2. The summed E-state index contributed by atoms with van der Waals surface area (Å²) < 4.78 is 25.6. The summed E-state index contributed by atoms with van der Waals surface area (Å²) in [4.78, 5) is 25.7. The Balaban J connectivity index is 1.79. The lowest BCUT2D eigenvalue weighted by atomic mass is 10.1. The molecule has 0 spiro atoms. The lowest BCUT2D eigenvalue weighted by Crippen LogP contribution is -2.38. The van der Waals surface area contributed by atoms with Gasteiger partial charge in [-0.1, -0.05) is 65.7 Å². The summed E-state index contributed by atoms with van der Waals surface area (Å²) in [6.07, 6.45) is 0.970. The van der Waals surface area contributed by atoms with Crippen molar-refractivity contribution in [2.75, 3.05) is 22.4 Å². The van der Waals surface area contributed by atoms with E-state index in [1.807, 2.05) is 37.3 Å². The molecule has 34 heavy (non-hydrogen) atoms. The van der Waals surface area contributed by atoms with Crippen LogP contribution in [0.15, 0.2) is 72.8 Å². The number of hydrogen-bond acceptors (Lipinski definition) is 4. The number of hydrogen-bond donors (Lipinski definition) is 2. The summed E-state index contributed by atoms with van der Waals surface area (Å²) in [5.74, 6) is -1.03. The highest BCUT2D eigenvalue weighted by Crippen LogP contribution is 2.30. The Kier molecular flexibility index (Phi) is 8.19. The number of halogens is 2. The maximum Gasteiger partial charge on any atom is 0.253 e. The summed E-state index contributed by atoms with van der Waals surface area (Å²) in [6, 6.07) is 20.0. The molecule has 0 saturated heterocycles. The van der Waals surface area contributed by atoms with Crippen LogP contribution in [0.5, 0.6) is 0 Å². The van der Waals surface area contributed by atoms with Gasteiger partial charge in [-0.2, -0.15) is 0 Å². The van der Waals surface area contributed by atoms with E-state index >= 15 is 0 Å². The van der Waals surface area contributed by atoms with Gasteiger partial charge in [0.25, 0.3) is 5.91 Å². The minimum absolute atomic E-state index is 0.0837. The second-order valence-electron chi connectivity index (χ2n) is 7.56. The Morgan fingerprint density at radius 2 is 1.62 bits per heavy atom. The third kappa shape index (κ3) is 6.50. The number of para-hydroxylation sites is 1. The van der Waals surface area contributed by atoms with Gasteiger partial charge < -0.3 is 10.6 Å². The third-order valence-electron chi connectivity index (χ3n) is 4.96. The smallest absolute Gasteiger partial charge is 0.253 e. The van der Waals surface area contributed by atoms with Gasteiger partial charge in [-0.25, -0.2) is 8.42 Å². The van der Waals surface area contributed by atoms with Crippen LogP contribution in [0.1, 0.15) is 28.9 Å². The molecule has 0 bridgehead atoms. The highest BCUT2D eigenvalue weighted by Gasteiger charge is 2.24. The van der Waals surface area contributed by atoms with Crippen molar-refractivity contribution < 1.29 is 18.0 Å². The number of rotatable bonds is 8. The van der Waals surface area contributed by atoms with E-state index < -0.39 is 22.5 Å². The molecule has 3 aromatic rings. The number of benzene rings is 3. The minimum atomic E-state index is -3.85. The summed E-state index contributed by atoms with van der Waals surface area (Å²) in [5.41, 5.74) is 1.54. The molecule has 0 unspecified atom stereocenters. The van der Waals surface area contributed by atoms with Gasteiger partial charge in [-0.3, -0.25) is 13.9 Å². The van der Waals surface area contributed by atoms with E-state index in [1.165, 1.54) is 18.2 Å². The van der Waals surface area contributed by atoms with Crippen molar-refractivity contribution >= 4 is 56.4 Å². The Labute approximate surface area is 208 Å². The predicted molar refractivity (Wildman–Crippen MR) is 136 cm³/mol. The molecule has 0 radical (unpaired) electrons.